The van der Waals surface area contributed by atoms with Crippen molar-refractivity contribution in [2.45, 2.75) is 69.2 Å². The van der Waals surface area contributed by atoms with Crippen LogP contribution in [-0.2, 0) is 39.4 Å². The zero-order valence-corrected chi connectivity index (χ0v) is 31.1. The topological polar surface area (TPSA) is 125 Å². The maximum absolute atomic E-state index is 16.5. The van der Waals surface area contributed by atoms with Crippen LogP contribution in [0.15, 0.2) is 91.0 Å². The number of rotatable bonds is 8. The molecule has 0 radical (unpaired) electrons. The van der Waals surface area contributed by atoms with Crippen LogP contribution in [0.4, 0.5) is 21.2 Å². The van der Waals surface area contributed by atoms with Crippen LogP contribution < -0.4 is 16.0 Å². The molecule has 0 saturated carbocycles. The molecule has 4 aromatic carbocycles. The number of hydrogen-bond acceptors (Lipinski definition) is 6. The molecular weight excluding hydrogens is 699 g/mol. The van der Waals surface area contributed by atoms with Gasteiger partial charge < -0.3 is 34.8 Å². The second kappa shape index (κ2) is 13.8. The summed E-state index contributed by atoms with van der Waals surface area (Å²) in [6.45, 7) is 5.38. The summed E-state index contributed by atoms with van der Waals surface area (Å²) in [5, 5.41) is 13.5. The van der Waals surface area contributed by atoms with Gasteiger partial charge in [-0.05, 0) is 90.8 Å². The van der Waals surface area contributed by atoms with Gasteiger partial charge in [-0.1, -0.05) is 54.9 Å². The van der Waals surface area contributed by atoms with Crippen molar-refractivity contribution in [3.8, 4) is 0 Å². The molecule has 4 N–H and O–H groups in total. The Bertz CT molecular complexity index is 2020. The van der Waals surface area contributed by atoms with E-state index < -0.39 is 37.6 Å². The van der Waals surface area contributed by atoms with E-state index in [9.17, 15) is 19.5 Å². The smallest absolute Gasteiger partial charge is 0.264 e. The van der Waals surface area contributed by atoms with E-state index in [4.69, 9.17) is 22.1 Å². The van der Waals surface area contributed by atoms with Crippen LogP contribution in [0.1, 0.15) is 46.0 Å². The first-order valence-electron chi connectivity index (χ1n) is 17.5. The van der Waals surface area contributed by atoms with Gasteiger partial charge in [0.15, 0.2) is 5.60 Å². The fourth-order valence-corrected chi connectivity index (χ4v) is 11.1. The molecule has 1 spiro atoms. The number of ether oxygens (including phenoxy) is 1. The number of amides is 3. The fourth-order valence-electron chi connectivity index (χ4n) is 8.42. The summed E-state index contributed by atoms with van der Waals surface area (Å²) >= 11 is 6.55. The average molecular weight is 741 g/mol. The molecule has 0 unspecified atom stereocenters. The average Bonchev–Trinajstić information content (AvgIpc) is 3.54. The van der Waals surface area contributed by atoms with E-state index in [1.165, 1.54) is 0 Å². The number of carbonyl (C=O) groups is 3. The van der Waals surface area contributed by atoms with Crippen molar-refractivity contribution < 1.29 is 28.3 Å². The Hall–Kier alpha value is -4.55. The van der Waals surface area contributed by atoms with Gasteiger partial charge in [0.05, 0.1) is 37.4 Å². The van der Waals surface area contributed by atoms with Crippen LogP contribution in [0.2, 0.25) is 23.7 Å². The van der Waals surface area contributed by atoms with Gasteiger partial charge in [0.25, 0.3) is 11.8 Å². The molecule has 3 heterocycles. The van der Waals surface area contributed by atoms with Gasteiger partial charge >= 0.3 is 0 Å². The molecule has 4 aromatic rings. The Morgan fingerprint density at radius 2 is 1.73 bits per heavy atom. The molecule has 12 heteroatoms. The van der Waals surface area contributed by atoms with E-state index in [-0.39, 0.29) is 37.3 Å². The molecule has 9 nitrogen and oxygen atoms in total. The van der Waals surface area contributed by atoms with Crippen LogP contribution in [0.25, 0.3) is 0 Å². The lowest BCUT2D eigenvalue weighted by Gasteiger charge is -2.37. The lowest BCUT2D eigenvalue weighted by molar-refractivity contribution is -0.151. The number of carbonyl (C=O) groups excluding carboxylic acids is 3. The number of hydrogen-bond donors (Lipinski definition) is 3. The van der Waals surface area contributed by atoms with Crippen molar-refractivity contribution in [1.82, 2.24) is 4.90 Å². The predicted molar refractivity (Wildman–Crippen MR) is 202 cm³/mol. The summed E-state index contributed by atoms with van der Waals surface area (Å²) < 4.78 is 23.3. The minimum Gasteiger partial charge on any atom is -0.399 e. The molecule has 1 saturated heterocycles. The molecule has 0 bridgehead atoms. The molecule has 7 rings (SSSR count). The third-order valence-electron chi connectivity index (χ3n) is 10.9. The monoisotopic (exact) mass is 740 g/mol. The zero-order chi connectivity index (χ0) is 36.9. The van der Waals surface area contributed by atoms with Crippen LogP contribution in [0, 0.1) is 5.92 Å². The minimum atomic E-state index is -3.54. The molecule has 3 aliphatic heterocycles. The van der Waals surface area contributed by atoms with Gasteiger partial charge in [0.1, 0.15) is 0 Å². The predicted octanol–water partition coefficient (Wildman–Crippen LogP) is 6.83. The minimum absolute atomic E-state index is 0.123. The van der Waals surface area contributed by atoms with Crippen LogP contribution in [0.3, 0.4) is 0 Å². The number of nitrogens with one attached hydrogen (secondary N) is 1. The first-order chi connectivity index (χ1) is 24.8. The number of aliphatic hydroxyl groups is 1. The van der Waals surface area contributed by atoms with E-state index in [0.29, 0.717) is 46.2 Å². The SMILES string of the molecule is C[C@@H]1[C@@H]([Si](C)(C)F)[C@H](CC(=O)N2Cc3ccccc3C[C@H]2CO)O[C@@]12C(=O)N(Cc1ccc(NC(=O)c3ccc(N)cc3)cc1)c1ccc(Cl)cc12. The molecule has 270 valence electrons. The number of benzene rings is 4. The van der Waals surface area contributed by atoms with Crippen LogP contribution in [0.5, 0.6) is 0 Å². The highest BCUT2D eigenvalue weighted by molar-refractivity contribution is 6.72. The molecule has 0 aromatic heterocycles. The Kier molecular flexibility index (Phi) is 9.49. The molecular formula is C40H42ClFN4O5Si. The highest BCUT2D eigenvalue weighted by atomic mass is 35.5. The first-order valence-corrected chi connectivity index (χ1v) is 20.8. The van der Waals surface area contributed by atoms with E-state index in [2.05, 4.69) is 5.32 Å². The highest BCUT2D eigenvalue weighted by Gasteiger charge is 2.67. The summed E-state index contributed by atoms with van der Waals surface area (Å²) in [5.74, 6) is -1.46. The summed E-state index contributed by atoms with van der Waals surface area (Å²) in [5.41, 5.74) is 9.20. The fraction of sp³-hybridized carbons (Fsp3) is 0.325. The van der Waals surface area contributed by atoms with Crippen molar-refractivity contribution >= 4 is 54.8 Å². The van der Waals surface area contributed by atoms with Gasteiger partial charge in [-0.15, -0.1) is 0 Å². The number of nitrogen functional groups attached to an aromatic ring is 1. The van der Waals surface area contributed by atoms with Crippen molar-refractivity contribution in [3.63, 3.8) is 0 Å². The number of nitrogens with two attached hydrogens (primary N) is 1. The van der Waals surface area contributed by atoms with E-state index in [1.54, 1.807) is 77.5 Å². The van der Waals surface area contributed by atoms with Crippen molar-refractivity contribution in [3.05, 3.63) is 124 Å². The molecule has 52 heavy (non-hydrogen) atoms. The summed E-state index contributed by atoms with van der Waals surface area (Å²) in [6, 6.07) is 26.5. The van der Waals surface area contributed by atoms with Gasteiger partial charge in [-0.25, -0.2) is 0 Å². The normalized spacial score (nSPS) is 23.8. The van der Waals surface area contributed by atoms with E-state index in [0.717, 1.165) is 16.7 Å². The van der Waals surface area contributed by atoms with Crippen molar-refractivity contribution in [2.75, 3.05) is 22.6 Å². The van der Waals surface area contributed by atoms with Crippen molar-refractivity contribution in [2.24, 2.45) is 5.92 Å². The molecule has 3 aliphatic rings. The van der Waals surface area contributed by atoms with Gasteiger partial charge in [-0.3, -0.25) is 14.4 Å². The lowest BCUT2D eigenvalue weighted by Crippen LogP contribution is -2.48. The van der Waals surface area contributed by atoms with Gasteiger partial charge in [-0.2, -0.15) is 0 Å². The van der Waals surface area contributed by atoms with E-state index in [1.807, 2.05) is 43.3 Å². The summed E-state index contributed by atoms with van der Waals surface area (Å²) in [4.78, 5) is 44.9. The molecule has 5 atom stereocenters. The Labute approximate surface area is 308 Å². The Morgan fingerprint density at radius 3 is 2.40 bits per heavy atom. The summed E-state index contributed by atoms with van der Waals surface area (Å²) in [7, 11) is -3.54. The van der Waals surface area contributed by atoms with Gasteiger partial charge in [0.2, 0.25) is 14.3 Å². The second-order valence-electron chi connectivity index (χ2n) is 14.6. The number of fused-ring (bicyclic) bond motifs is 3. The molecule has 1 fully saturated rings. The Balaban J connectivity index is 1.15. The quantitative estimate of drug-likeness (QED) is 0.103. The van der Waals surface area contributed by atoms with Crippen molar-refractivity contribution in [1.29, 1.82) is 0 Å². The number of anilines is 3. The third kappa shape index (κ3) is 6.40. The Morgan fingerprint density at radius 1 is 1.04 bits per heavy atom. The molecule has 3 amide bonds. The standard InChI is InChI=1S/C40H42ClFN4O5Si/c1-24-37(52(2,3)42)35(20-36(48)45-22-28-7-5-4-6-27(28)18-32(45)23-47)51-40(24)33-19-29(41)12-17-34(33)46(39(40)50)21-25-8-15-31(16-9-25)44-38(49)26-10-13-30(43)14-11-26/h4-17,19,24,32,35,37,47H,18,20-23,43H2,1-3H3,(H,44,49)/t24-,32+,35+,37-,40+/m1/s1. The number of nitrogens with zero attached hydrogens (tertiary/aromatic N) is 2. The van der Waals surface area contributed by atoms with Crippen LogP contribution >= 0.6 is 11.6 Å². The summed E-state index contributed by atoms with van der Waals surface area (Å²) in [6.07, 6.45) is -0.472. The maximum atomic E-state index is 16.5. The number of halogens is 2. The third-order valence-corrected chi connectivity index (χ3v) is 13.6. The first kappa shape index (κ1) is 35.8. The highest BCUT2D eigenvalue weighted by Crippen LogP contribution is 2.60. The van der Waals surface area contributed by atoms with Crippen LogP contribution in [-0.4, -0.2) is 54.9 Å². The van der Waals surface area contributed by atoms with E-state index >= 15 is 4.11 Å². The second-order valence-corrected chi connectivity index (χ2v) is 18.9. The van der Waals surface area contributed by atoms with Gasteiger partial charge in [0, 0.05) is 45.5 Å². The lowest BCUT2D eigenvalue weighted by atomic mass is 9.82. The largest absolute Gasteiger partial charge is 0.399 e. The zero-order valence-electron chi connectivity index (χ0n) is 29.3. The molecule has 0 aliphatic carbocycles. The maximum Gasteiger partial charge on any atom is 0.264 e. The number of aliphatic hydroxyl groups excluding tert-OH is 1.